The van der Waals surface area contributed by atoms with Gasteiger partial charge >= 0.3 is 0 Å². The Morgan fingerprint density at radius 3 is 1.28 bits per heavy atom. The number of aromatic nitrogens is 2. The second-order valence-corrected chi connectivity index (χ2v) is 24.3. The SMILES string of the molecule is CC(=O)NCCNCc1cc(Cl)c(OCc2cc(F)cc(-c3cc(F)cc(COc4cc(OCc5cncc(N=S(C)(C)=O)c5)c(CNCCNC(C)=O)cc4Cl)c3C)c2C)cc1OCc1cncc(N=S(C)(C)=O)c1. The number of halogens is 4. The molecule has 0 radical (unpaired) electrons. The van der Waals surface area contributed by atoms with Crippen LogP contribution >= 0.6 is 23.2 Å². The first kappa shape index (κ1) is 58.8. The lowest BCUT2D eigenvalue weighted by Gasteiger charge is -2.19. The van der Waals surface area contributed by atoms with E-state index < -0.39 is 31.1 Å². The molecule has 76 heavy (non-hydrogen) atoms. The molecule has 22 heteroatoms. The fourth-order valence-corrected chi connectivity index (χ4v) is 9.39. The Morgan fingerprint density at radius 2 is 0.908 bits per heavy atom. The highest BCUT2D eigenvalue weighted by atomic mass is 35.5. The van der Waals surface area contributed by atoms with Crippen LogP contribution in [0.3, 0.4) is 0 Å². The lowest BCUT2D eigenvalue weighted by Crippen LogP contribution is -2.30. The van der Waals surface area contributed by atoms with E-state index >= 15 is 8.78 Å². The van der Waals surface area contributed by atoms with Crippen molar-refractivity contribution in [1.82, 2.24) is 31.2 Å². The Bertz CT molecular complexity index is 3120. The van der Waals surface area contributed by atoms with Crippen molar-refractivity contribution in [2.45, 2.75) is 67.2 Å². The third-order valence-corrected chi connectivity index (χ3v) is 13.1. The number of nitrogens with one attached hydrogen (secondary N) is 4. The van der Waals surface area contributed by atoms with Crippen molar-refractivity contribution in [2.75, 3.05) is 51.2 Å². The Labute approximate surface area is 453 Å². The molecule has 0 aliphatic rings. The van der Waals surface area contributed by atoms with E-state index in [-0.39, 0.29) is 59.8 Å². The van der Waals surface area contributed by atoms with E-state index in [2.05, 4.69) is 40.0 Å². The smallest absolute Gasteiger partial charge is 0.216 e. The Hall–Kier alpha value is -6.42. The number of nitrogens with zero attached hydrogens (tertiary/aromatic N) is 4. The van der Waals surface area contributed by atoms with Crippen molar-refractivity contribution in [2.24, 2.45) is 8.73 Å². The largest absolute Gasteiger partial charge is 0.488 e. The van der Waals surface area contributed by atoms with Gasteiger partial charge in [-0.1, -0.05) is 23.2 Å². The monoisotopic (exact) mass is 1120 g/mol. The van der Waals surface area contributed by atoms with Crippen LogP contribution in [0.15, 0.2) is 94.2 Å². The van der Waals surface area contributed by atoms with Gasteiger partial charge in [0.2, 0.25) is 11.8 Å². The molecule has 2 heterocycles. The summed E-state index contributed by atoms with van der Waals surface area (Å²) in [7, 11) is -4.86. The second kappa shape index (κ2) is 27.1. The number of pyridine rings is 2. The van der Waals surface area contributed by atoms with E-state index in [9.17, 15) is 18.0 Å². The molecule has 6 rings (SSSR count). The maximum atomic E-state index is 15.7. The van der Waals surface area contributed by atoms with E-state index in [1.807, 2.05) is 0 Å². The summed E-state index contributed by atoms with van der Waals surface area (Å²) in [6.07, 6.45) is 12.4. The van der Waals surface area contributed by atoms with Gasteiger partial charge < -0.3 is 40.2 Å². The van der Waals surface area contributed by atoms with Gasteiger partial charge in [-0.3, -0.25) is 19.6 Å². The van der Waals surface area contributed by atoms with Crippen LogP contribution in [0.25, 0.3) is 11.1 Å². The fraction of sp³-hybridized carbons (Fsp3) is 0.333. The molecule has 6 aromatic rings. The number of hydrogen-bond donors (Lipinski definition) is 4. The molecule has 0 aliphatic carbocycles. The van der Waals surface area contributed by atoms with Gasteiger partial charge in [-0.05, 0) is 95.8 Å². The van der Waals surface area contributed by atoms with E-state index in [1.54, 1.807) is 62.6 Å². The molecule has 0 bridgehead atoms. The number of amides is 2. The zero-order valence-electron chi connectivity index (χ0n) is 43.5. The van der Waals surface area contributed by atoms with Gasteiger partial charge in [0.05, 0.1) is 33.8 Å². The van der Waals surface area contributed by atoms with Crippen LogP contribution in [0.2, 0.25) is 10.0 Å². The Kier molecular flexibility index (Phi) is 21.0. The lowest BCUT2D eigenvalue weighted by atomic mass is 9.91. The Balaban J connectivity index is 1.23. The number of ether oxygens (including phenoxy) is 4. The van der Waals surface area contributed by atoms with Gasteiger partial charge in [0.15, 0.2) is 0 Å². The minimum atomic E-state index is -2.43. The molecule has 406 valence electrons. The third kappa shape index (κ3) is 18.4. The summed E-state index contributed by atoms with van der Waals surface area (Å²) >= 11 is 13.6. The Morgan fingerprint density at radius 1 is 0.526 bits per heavy atom. The quantitative estimate of drug-likeness (QED) is 0.0396. The van der Waals surface area contributed by atoms with E-state index in [1.165, 1.54) is 75.5 Å². The zero-order valence-corrected chi connectivity index (χ0v) is 46.7. The highest BCUT2D eigenvalue weighted by molar-refractivity contribution is 7.92. The van der Waals surface area contributed by atoms with Crippen molar-refractivity contribution >= 4 is 65.8 Å². The predicted octanol–water partition coefficient (Wildman–Crippen LogP) is 9.83. The maximum Gasteiger partial charge on any atom is 0.216 e. The first-order chi connectivity index (χ1) is 36.0. The highest BCUT2D eigenvalue weighted by Crippen LogP contribution is 2.38. The van der Waals surface area contributed by atoms with Gasteiger partial charge in [0, 0.05) is 144 Å². The third-order valence-electron chi connectivity index (χ3n) is 11.2. The topological polar surface area (TPSA) is 204 Å². The van der Waals surface area contributed by atoms with Crippen LogP contribution in [0, 0.1) is 25.5 Å². The molecule has 0 atom stereocenters. The molecular formula is C54H62Cl2F2N8O8S2. The van der Waals surface area contributed by atoms with Crippen LogP contribution in [0.4, 0.5) is 20.2 Å². The summed E-state index contributed by atoms with van der Waals surface area (Å²) in [6.45, 7) is 8.80. The number of benzene rings is 4. The van der Waals surface area contributed by atoms with E-state index in [4.69, 9.17) is 42.1 Å². The summed E-state index contributed by atoms with van der Waals surface area (Å²) in [6, 6.07) is 15.6. The van der Waals surface area contributed by atoms with Crippen molar-refractivity contribution in [3.63, 3.8) is 0 Å². The molecule has 0 aliphatic heterocycles. The van der Waals surface area contributed by atoms with Gasteiger partial charge in [-0.25, -0.2) is 17.2 Å². The van der Waals surface area contributed by atoms with Crippen LogP contribution in [0.1, 0.15) is 58.4 Å². The van der Waals surface area contributed by atoms with Gasteiger partial charge in [-0.15, -0.1) is 0 Å². The van der Waals surface area contributed by atoms with Crippen LogP contribution in [0.5, 0.6) is 23.0 Å². The standard InChI is InChI=1S/C54H62Cl2F2N8O8S2/c1-33-41(31-73-53-21-51(39(17-49(53)55)25-59-9-11-63-35(3)67)71-29-37-13-45(27-61-23-37)65-75(5,6)69)15-43(57)19-47(33)48-20-44(58)16-42(34(48)2)32-74-54-22-52(40(18-50(54)56)26-60-10-12-64-36(4)68)72-30-38-14-46(28-62-24-38)66-76(7,8)70/h13-24,27-28,59-60H,9-12,25-26,29-32H2,1-8H3,(H,63,67)(H,64,68). The predicted molar refractivity (Wildman–Crippen MR) is 295 cm³/mol. The van der Waals surface area contributed by atoms with Crippen molar-refractivity contribution in [3.8, 4) is 34.1 Å². The van der Waals surface area contributed by atoms with Gasteiger partial charge in [-0.2, -0.15) is 8.73 Å². The summed E-state index contributed by atoms with van der Waals surface area (Å²) in [5.41, 5.74) is 6.71. The summed E-state index contributed by atoms with van der Waals surface area (Å²) in [5.74, 6) is -0.0763. The van der Waals surface area contributed by atoms with Crippen molar-refractivity contribution in [1.29, 1.82) is 0 Å². The molecular weight excluding hydrogens is 1060 g/mol. The number of hydrogen-bond acceptors (Lipinski definition) is 14. The van der Waals surface area contributed by atoms with Crippen molar-refractivity contribution < 1.29 is 45.7 Å². The first-order valence-electron chi connectivity index (χ1n) is 23.9. The molecule has 0 spiro atoms. The number of rotatable bonds is 25. The average Bonchev–Trinajstić information content (AvgIpc) is 3.35. The summed E-state index contributed by atoms with van der Waals surface area (Å²) in [4.78, 5) is 31.3. The minimum Gasteiger partial charge on any atom is -0.488 e. The molecule has 2 amide bonds. The van der Waals surface area contributed by atoms with Gasteiger partial charge in [0.25, 0.3) is 0 Å². The molecule has 0 saturated heterocycles. The maximum absolute atomic E-state index is 15.7. The molecule has 0 saturated carbocycles. The first-order valence-corrected chi connectivity index (χ1v) is 29.3. The highest BCUT2D eigenvalue weighted by Gasteiger charge is 2.19. The zero-order chi connectivity index (χ0) is 55.2. The molecule has 0 unspecified atom stereocenters. The van der Waals surface area contributed by atoms with Crippen LogP contribution in [-0.4, -0.2) is 81.4 Å². The number of carbonyl (C=O) groups excluding carboxylic acids is 2. The molecule has 2 aromatic heterocycles. The molecule has 16 nitrogen and oxygen atoms in total. The fourth-order valence-electron chi connectivity index (χ4n) is 7.69. The van der Waals surface area contributed by atoms with E-state index in [0.717, 1.165) is 0 Å². The van der Waals surface area contributed by atoms with E-state index in [0.29, 0.717) is 118 Å². The normalized spacial score (nSPS) is 11.5. The molecule has 0 fully saturated rings. The second-order valence-electron chi connectivity index (χ2n) is 18.4. The van der Waals surface area contributed by atoms with Crippen molar-refractivity contribution in [3.05, 3.63) is 152 Å². The summed E-state index contributed by atoms with van der Waals surface area (Å²) < 4.78 is 89.7. The average molecular weight is 1120 g/mol. The summed E-state index contributed by atoms with van der Waals surface area (Å²) in [5, 5.41) is 12.6. The molecule has 4 aromatic carbocycles. The van der Waals surface area contributed by atoms with Gasteiger partial charge in [0.1, 0.15) is 61.1 Å². The molecule has 4 N–H and O–H groups in total. The number of carbonyl (C=O) groups is 2. The lowest BCUT2D eigenvalue weighted by molar-refractivity contribution is -0.119. The minimum absolute atomic E-state index is 0.0724. The van der Waals surface area contributed by atoms with Crippen LogP contribution < -0.4 is 40.2 Å². The van der Waals surface area contributed by atoms with Crippen LogP contribution in [-0.2, 0) is 68.6 Å².